The van der Waals surface area contributed by atoms with Crippen molar-refractivity contribution < 1.29 is 4.42 Å². The minimum atomic E-state index is -0.320. The highest BCUT2D eigenvalue weighted by molar-refractivity contribution is 7.99. The molecule has 5 nitrogen and oxygen atoms in total. The normalized spacial score (nSPS) is 12.2. The lowest BCUT2D eigenvalue weighted by atomic mass is 10.0. The van der Waals surface area contributed by atoms with E-state index in [9.17, 15) is 4.79 Å². The molecule has 6 heteroatoms. The summed E-state index contributed by atoms with van der Waals surface area (Å²) in [5.41, 5.74) is 9.09. The smallest absolute Gasteiger partial charge is 0.214 e. The number of hydrogen-bond donors (Lipinski definition) is 1. The van der Waals surface area contributed by atoms with Crippen LogP contribution in [-0.2, 0) is 0 Å². The zero-order valence-electron chi connectivity index (χ0n) is 11.6. The fraction of sp³-hybridized carbons (Fsp3) is 0.357. The van der Waals surface area contributed by atoms with E-state index in [1.165, 1.54) is 17.8 Å². The van der Waals surface area contributed by atoms with E-state index in [2.05, 4.69) is 10.0 Å². The van der Waals surface area contributed by atoms with Crippen LogP contribution in [0, 0.1) is 12.5 Å². The van der Waals surface area contributed by atoms with E-state index in [0.717, 1.165) is 16.9 Å². The van der Waals surface area contributed by atoms with Gasteiger partial charge in [0, 0.05) is 11.6 Å². The molecule has 0 amide bonds. The Balaban J connectivity index is 2.78. The van der Waals surface area contributed by atoms with Crippen molar-refractivity contribution >= 4 is 22.7 Å². The summed E-state index contributed by atoms with van der Waals surface area (Å²) < 4.78 is 5.84. The number of aryl methyl sites for hydroxylation is 1. The van der Waals surface area contributed by atoms with Crippen LogP contribution in [0.4, 0.5) is 0 Å². The molecule has 0 spiro atoms. The summed E-state index contributed by atoms with van der Waals surface area (Å²) in [6.07, 6.45) is 0. The standard InChI is InChI=1S/C14H16N3O2S/c1-4-20-13-7-12(18)11-6-8(2)5-10(14(11)19-13)9(3)16-17-15/h5-7,9,15H,4H2,1-3H3/q+1. The molecular formula is C14H16N3O2S+. The van der Waals surface area contributed by atoms with Gasteiger partial charge in [-0.1, -0.05) is 18.7 Å². The molecule has 0 radical (unpaired) electrons. The van der Waals surface area contributed by atoms with Crippen LogP contribution >= 0.6 is 11.8 Å². The Bertz CT molecular complexity index is 748. The van der Waals surface area contributed by atoms with Crippen molar-refractivity contribution in [1.29, 1.82) is 5.53 Å². The molecule has 1 N–H and O–H groups in total. The van der Waals surface area contributed by atoms with Crippen molar-refractivity contribution in [3.63, 3.8) is 0 Å². The summed E-state index contributed by atoms with van der Waals surface area (Å²) in [5, 5.41) is 4.96. The Hall–Kier alpha value is -1.91. The van der Waals surface area contributed by atoms with Crippen molar-refractivity contribution in [1.82, 2.24) is 4.91 Å². The van der Waals surface area contributed by atoms with Crippen LogP contribution in [-0.4, -0.2) is 5.75 Å². The topological polar surface area (TPSA) is 80.5 Å². The van der Waals surface area contributed by atoms with E-state index < -0.39 is 0 Å². The number of thioether (sulfide) groups is 1. The van der Waals surface area contributed by atoms with Gasteiger partial charge >= 0.3 is 0 Å². The first-order chi connectivity index (χ1) is 9.56. The first-order valence-corrected chi connectivity index (χ1v) is 7.33. The lowest BCUT2D eigenvalue weighted by Crippen LogP contribution is -2.04. The van der Waals surface area contributed by atoms with E-state index in [-0.39, 0.29) is 11.5 Å². The van der Waals surface area contributed by atoms with Gasteiger partial charge in [0.25, 0.3) is 0 Å². The molecule has 0 aliphatic carbocycles. The Morgan fingerprint density at radius 3 is 2.85 bits per heavy atom. The highest BCUT2D eigenvalue weighted by atomic mass is 32.2. The first-order valence-electron chi connectivity index (χ1n) is 6.34. The van der Waals surface area contributed by atoms with Crippen molar-refractivity contribution in [2.75, 3.05) is 5.75 Å². The molecule has 0 saturated carbocycles. The summed E-state index contributed by atoms with van der Waals surface area (Å²) in [6.45, 7) is 5.75. The minimum Gasteiger partial charge on any atom is -0.449 e. The molecule has 2 aromatic rings. The first kappa shape index (κ1) is 14.5. The van der Waals surface area contributed by atoms with Gasteiger partial charge in [0.1, 0.15) is 16.2 Å². The molecular weight excluding hydrogens is 274 g/mol. The van der Waals surface area contributed by atoms with Crippen LogP contribution in [0.25, 0.3) is 11.0 Å². The third kappa shape index (κ3) is 2.81. The van der Waals surface area contributed by atoms with Crippen LogP contribution in [0.3, 0.4) is 0 Å². The summed E-state index contributed by atoms with van der Waals surface area (Å²) in [5.74, 6) is 0.831. The molecule has 1 heterocycles. The summed E-state index contributed by atoms with van der Waals surface area (Å²) in [6, 6.07) is 4.94. The minimum absolute atomic E-state index is 0.0536. The van der Waals surface area contributed by atoms with Crippen LogP contribution in [0.2, 0.25) is 0 Å². The monoisotopic (exact) mass is 290 g/mol. The van der Waals surface area contributed by atoms with Crippen molar-refractivity contribution in [3.8, 4) is 0 Å². The maximum atomic E-state index is 12.2. The largest absolute Gasteiger partial charge is 0.449 e. The lowest BCUT2D eigenvalue weighted by Gasteiger charge is -2.08. The Kier molecular flexibility index (Phi) is 4.37. The van der Waals surface area contributed by atoms with E-state index in [1.807, 2.05) is 32.9 Å². The second-order valence-corrected chi connectivity index (χ2v) is 5.75. The predicted molar refractivity (Wildman–Crippen MR) is 79.3 cm³/mol. The third-order valence-electron chi connectivity index (χ3n) is 2.95. The molecule has 0 aliphatic heterocycles. The number of nitrogens with zero attached hydrogens (tertiary/aromatic N) is 2. The maximum Gasteiger partial charge on any atom is 0.214 e. The van der Waals surface area contributed by atoms with Gasteiger partial charge < -0.3 is 4.42 Å². The van der Waals surface area contributed by atoms with Gasteiger partial charge in [-0.05, 0) is 37.3 Å². The van der Waals surface area contributed by atoms with E-state index in [1.54, 1.807) is 0 Å². The summed E-state index contributed by atoms with van der Waals surface area (Å²) in [7, 11) is 0. The average molecular weight is 290 g/mol. The predicted octanol–water partition coefficient (Wildman–Crippen LogP) is 3.82. The molecule has 2 rings (SSSR count). The number of benzene rings is 1. The van der Waals surface area contributed by atoms with Gasteiger partial charge in [-0.15, -0.1) is 0 Å². The zero-order chi connectivity index (χ0) is 14.7. The highest BCUT2D eigenvalue weighted by Gasteiger charge is 2.17. The van der Waals surface area contributed by atoms with E-state index in [0.29, 0.717) is 16.1 Å². The molecule has 1 aromatic heterocycles. The Labute approximate surface area is 120 Å². The molecule has 1 aromatic carbocycles. The van der Waals surface area contributed by atoms with Gasteiger partial charge in [0.15, 0.2) is 16.6 Å². The Morgan fingerprint density at radius 2 is 2.20 bits per heavy atom. The zero-order valence-corrected chi connectivity index (χ0v) is 12.5. The van der Waals surface area contributed by atoms with E-state index in [4.69, 9.17) is 9.95 Å². The van der Waals surface area contributed by atoms with Gasteiger partial charge in [-0.2, -0.15) is 0 Å². The third-order valence-corrected chi connectivity index (χ3v) is 3.72. The molecule has 104 valence electrons. The van der Waals surface area contributed by atoms with Crippen LogP contribution < -0.4 is 10.3 Å². The number of hydrogen-bond acceptors (Lipinski definition) is 5. The molecule has 0 aliphatic rings. The molecule has 1 atom stereocenters. The number of fused-ring (bicyclic) bond motifs is 1. The van der Waals surface area contributed by atoms with Crippen molar-refractivity contribution in [3.05, 3.63) is 39.5 Å². The number of nitrogens with one attached hydrogen (secondary N) is 1. The average Bonchev–Trinajstić information content (AvgIpc) is 2.39. The van der Waals surface area contributed by atoms with Crippen LogP contribution in [0.5, 0.6) is 0 Å². The molecule has 0 saturated heterocycles. The molecule has 20 heavy (non-hydrogen) atoms. The van der Waals surface area contributed by atoms with Gasteiger partial charge in [-0.25, -0.2) is 0 Å². The molecule has 0 fully saturated rings. The fourth-order valence-electron chi connectivity index (χ4n) is 2.09. The SMILES string of the molecule is CCSc1cc(=O)c2cc(C)cc(C(C)N=[N+]=N)c2o1. The quantitative estimate of drug-likeness (QED) is 0.528. The van der Waals surface area contributed by atoms with Crippen LogP contribution in [0.15, 0.2) is 37.6 Å². The van der Waals surface area contributed by atoms with Gasteiger partial charge in [0.2, 0.25) is 4.91 Å². The molecule has 0 bridgehead atoms. The fourth-order valence-corrected chi connectivity index (χ4v) is 2.70. The lowest BCUT2D eigenvalue weighted by molar-refractivity contribution is 0.493. The maximum absolute atomic E-state index is 12.2. The van der Waals surface area contributed by atoms with Gasteiger partial charge in [-0.3, -0.25) is 4.79 Å². The Morgan fingerprint density at radius 1 is 1.45 bits per heavy atom. The van der Waals surface area contributed by atoms with Gasteiger partial charge in [0.05, 0.1) is 5.39 Å². The van der Waals surface area contributed by atoms with Crippen molar-refractivity contribution in [2.24, 2.45) is 5.11 Å². The second-order valence-electron chi connectivity index (χ2n) is 4.48. The number of rotatable bonds is 4. The van der Waals surface area contributed by atoms with Crippen molar-refractivity contribution in [2.45, 2.75) is 31.9 Å². The summed E-state index contributed by atoms with van der Waals surface area (Å²) >= 11 is 1.48. The highest BCUT2D eigenvalue weighted by Crippen LogP contribution is 2.29. The summed E-state index contributed by atoms with van der Waals surface area (Å²) in [4.78, 5) is 15.3. The second kappa shape index (κ2) is 6.03. The van der Waals surface area contributed by atoms with E-state index >= 15 is 0 Å². The molecule has 1 unspecified atom stereocenters. The van der Waals surface area contributed by atoms with Crippen LogP contribution in [0.1, 0.15) is 31.0 Å².